The van der Waals surface area contributed by atoms with Gasteiger partial charge < -0.3 is 30.0 Å². The molecule has 8 rings (SSSR count). The summed E-state index contributed by atoms with van der Waals surface area (Å²) in [4.78, 5) is 46.1. The summed E-state index contributed by atoms with van der Waals surface area (Å²) in [5.74, 6) is 0.837. The molecule has 4 atom stereocenters. The predicted octanol–water partition coefficient (Wildman–Crippen LogP) is 6.93. The molecule has 2 unspecified atom stereocenters. The highest BCUT2D eigenvalue weighted by Gasteiger charge is 2.36. The smallest absolute Gasteiger partial charge is 0.256 e. The normalized spacial score (nSPS) is 18.4. The number of likely N-dealkylation sites (tertiary alicyclic amines) is 2. The van der Waals surface area contributed by atoms with Crippen LogP contribution in [-0.4, -0.2) is 64.9 Å². The first-order chi connectivity index (χ1) is 25.4. The van der Waals surface area contributed by atoms with Gasteiger partial charge >= 0.3 is 0 Å². The molecule has 2 amide bonds. The highest BCUT2D eigenvalue weighted by Crippen LogP contribution is 2.36. The molecule has 4 heterocycles. The van der Waals surface area contributed by atoms with E-state index in [1.54, 1.807) is 46.5 Å². The maximum atomic E-state index is 13.2. The average molecular weight is 693 g/mol. The van der Waals surface area contributed by atoms with Crippen molar-refractivity contribution in [2.24, 2.45) is 0 Å². The third-order valence-corrected chi connectivity index (χ3v) is 10.3. The van der Waals surface area contributed by atoms with Gasteiger partial charge in [0.15, 0.2) is 12.2 Å². The number of aromatic amines is 2. The highest BCUT2D eigenvalue weighted by molar-refractivity contribution is 5.83. The Morgan fingerprint density at radius 1 is 0.558 bits per heavy atom. The second-order valence-electron chi connectivity index (χ2n) is 13.5. The lowest BCUT2D eigenvalue weighted by atomic mass is 10.0. The van der Waals surface area contributed by atoms with Crippen molar-refractivity contribution >= 4 is 11.8 Å². The van der Waals surface area contributed by atoms with Gasteiger partial charge in [-0.2, -0.15) is 0 Å². The number of hydrogen-bond donors (Lipinski definition) is 4. The lowest BCUT2D eigenvalue weighted by molar-refractivity contribution is -0.142. The molecule has 2 saturated heterocycles. The van der Waals surface area contributed by atoms with Crippen molar-refractivity contribution in [2.45, 2.75) is 50.0 Å². The Kier molecular flexibility index (Phi) is 9.24. The number of hydrogen-bond acceptors (Lipinski definition) is 6. The number of aromatic nitrogens is 4. The molecule has 52 heavy (non-hydrogen) atoms. The number of imidazole rings is 2. The summed E-state index contributed by atoms with van der Waals surface area (Å²) < 4.78 is 0. The van der Waals surface area contributed by atoms with E-state index in [-0.39, 0.29) is 23.9 Å². The van der Waals surface area contributed by atoms with Crippen LogP contribution in [0.25, 0.3) is 33.6 Å². The number of nitrogens with one attached hydrogen (secondary N) is 2. The van der Waals surface area contributed by atoms with E-state index in [0.717, 1.165) is 71.0 Å². The van der Waals surface area contributed by atoms with E-state index in [9.17, 15) is 19.8 Å². The number of aliphatic hydroxyl groups excluding tert-OH is 2. The molecule has 0 bridgehead atoms. The number of H-pyrrole nitrogens is 2. The van der Waals surface area contributed by atoms with E-state index in [4.69, 9.17) is 0 Å². The van der Waals surface area contributed by atoms with Crippen molar-refractivity contribution in [3.05, 3.63) is 144 Å². The lowest BCUT2D eigenvalue weighted by Crippen LogP contribution is -2.35. The number of rotatable bonds is 9. The molecule has 10 nitrogen and oxygen atoms in total. The van der Waals surface area contributed by atoms with Crippen molar-refractivity contribution in [3.8, 4) is 33.6 Å². The van der Waals surface area contributed by atoms with Gasteiger partial charge in [-0.05, 0) is 59.1 Å². The van der Waals surface area contributed by atoms with Gasteiger partial charge in [-0.1, -0.05) is 109 Å². The fraction of sp³-hybridized carbons (Fsp3) is 0.238. The van der Waals surface area contributed by atoms with E-state index < -0.39 is 12.2 Å². The van der Waals surface area contributed by atoms with Crippen LogP contribution in [0.5, 0.6) is 0 Å². The van der Waals surface area contributed by atoms with E-state index in [2.05, 4.69) is 68.5 Å². The van der Waals surface area contributed by atoms with Crippen LogP contribution in [0.4, 0.5) is 0 Å². The number of nitrogens with zero attached hydrogens (tertiary/aromatic N) is 4. The highest BCUT2D eigenvalue weighted by atomic mass is 16.3. The van der Waals surface area contributed by atoms with Gasteiger partial charge in [-0.3, -0.25) is 9.59 Å². The topological polar surface area (TPSA) is 138 Å². The monoisotopic (exact) mass is 692 g/mol. The maximum absolute atomic E-state index is 13.2. The number of carbonyl (C=O) groups excluding carboxylic acids is 2. The van der Waals surface area contributed by atoms with E-state index in [1.807, 2.05) is 36.4 Å². The van der Waals surface area contributed by atoms with Gasteiger partial charge in [0.25, 0.3) is 11.8 Å². The zero-order valence-corrected chi connectivity index (χ0v) is 28.6. The van der Waals surface area contributed by atoms with Crippen molar-refractivity contribution < 1.29 is 19.8 Å². The number of carbonyl (C=O) groups is 2. The van der Waals surface area contributed by atoms with Crippen LogP contribution in [0.2, 0.25) is 0 Å². The SMILES string of the molecule is O=C([C@@H](O)c1ccccc1)N1CCCC1c1ncc(-c2ccc(-c3ccc(-c4cnc(C5CCCN5C(=O)[C@@H](O)c5ccccc5)[nH]4)cc3)cc2)[nH]1. The number of aliphatic hydroxyl groups is 2. The first-order valence-corrected chi connectivity index (χ1v) is 17.8. The molecular formula is C42H40N6O4. The summed E-state index contributed by atoms with van der Waals surface area (Å²) in [6.45, 7) is 1.16. The zero-order chi connectivity index (χ0) is 35.6. The molecule has 2 fully saturated rings. The minimum absolute atomic E-state index is 0.213. The fourth-order valence-corrected chi connectivity index (χ4v) is 7.49. The Hall–Kier alpha value is -5.84. The van der Waals surface area contributed by atoms with Crippen LogP contribution in [0.1, 0.15) is 72.8 Å². The van der Waals surface area contributed by atoms with Crippen molar-refractivity contribution in [1.29, 1.82) is 0 Å². The Morgan fingerprint density at radius 3 is 1.31 bits per heavy atom. The third kappa shape index (κ3) is 6.54. The molecule has 0 radical (unpaired) electrons. The first kappa shape index (κ1) is 33.3. The molecule has 262 valence electrons. The second kappa shape index (κ2) is 14.4. The predicted molar refractivity (Wildman–Crippen MR) is 197 cm³/mol. The van der Waals surface area contributed by atoms with Crippen molar-refractivity contribution in [3.63, 3.8) is 0 Å². The summed E-state index contributed by atoms with van der Waals surface area (Å²) in [6.07, 6.45) is 4.48. The largest absolute Gasteiger partial charge is 0.378 e. The zero-order valence-electron chi connectivity index (χ0n) is 28.6. The summed E-state index contributed by atoms with van der Waals surface area (Å²) in [5, 5.41) is 21.5. The van der Waals surface area contributed by atoms with Gasteiger partial charge in [0.05, 0.1) is 35.9 Å². The molecule has 4 aromatic carbocycles. The molecule has 0 aliphatic carbocycles. The Balaban J connectivity index is 0.920. The lowest BCUT2D eigenvalue weighted by Gasteiger charge is -2.25. The summed E-state index contributed by atoms with van der Waals surface area (Å²) >= 11 is 0. The van der Waals surface area contributed by atoms with Crippen LogP contribution in [0.3, 0.4) is 0 Å². The molecular weight excluding hydrogens is 652 g/mol. The van der Waals surface area contributed by atoms with Crippen LogP contribution in [0.15, 0.2) is 122 Å². The second-order valence-corrected chi connectivity index (χ2v) is 13.5. The van der Waals surface area contributed by atoms with Crippen LogP contribution in [0, 0.1) is 0 Å². The molecule has 4 N–H and O–H groups in total. The summed E-state index contributed by atoms with van der Waals surface area (Å²) in [6, 6.07) is 34.2. The van der Waals surface area contributed by atoms with Crippen molar-refractivity contribution in [1.82, 2.24) is 29.7 Å². The summed E-state index contributed by atoms with van der Waals surface area (Å²) in [5.41, 5.74) is 7.02. The van der Waals surface area contributed by atoms with E-state index in [0.29, 0.717) is 24.2 Å². The molecule has 0 spiro atoms. The number of amides is 2. The maximum Gasteiger partial charge on any atom is 0.256 e. The van der Waals surface area contributed by atoms with Gasteiger partial charge in [0.1, 0.15) is 11.6 Å². The molecule has 2 aliphatic rings. The quantitative estimate of drug-likeness (QED) is 0.130. The van der Waals surface area contributed by atoms with Gasteiger partial charge in [-0.25, -0.2) is 9.97 Å². The van der Waals surface area contributed by atoms with Crippen LogP contribution in [-0.2, 0) is 9.59 Å². The van der Waals surface area contributed by atoms with E-state index >= 15 is 0 Å². The average Bonchev–Trinajstić information content (AvgIpc) is 4.04. The molecule has 0 saturated carbocycles. The Morgan fingerprint density at radius 2 is 0.923 bits per heavy atom. The molecule has 2 aliphatic heterocycles. The van der Waals surface area contributed by atoms with Gasteiger partial charge in [-0.15, -0.1) is 0 Å². The Bertz CT molecular complexity index is 1990. The molecule has 6 aromatic rings. The minimum atomic E-state index is -1.20. The van der Waals surface area contributed by atoms with Gasteiger partial charge in [0, 0.05) is 13.1 Å². The summed E-state index contributed by atoms with van der Waals surface area (Å²) in [7, 11) is 0. The van der Waals surface area contributed by atoms with Gasteiger partial charge in [0.2, 0.25) is 0 Å². The Labute approximate surface area is 301 Å². The van der Waals surface area contributed by atoms with E-state index in [1.165, 1.54) is 0 Å². The fourth-order valence-electron chi connectivity index (χ4n) is 7.49. The first-order valence-electron chi connectivity index (χ1n) is 17.8. The van der Waals surface area contributed by atoms with Crippen molar-refractivity contribution in [2.75, 3.05) is 13.1 Å². The minimum Gasteiger partial charge on any atom is -0.378 e. The standard InChI is InChI=1S/C42H40N6O4/c49-37(31-9-3-1-4-10-31)41(51)47-23-7-13-35(47)39-43-25-33(45-39)29-19-15-27(16-20-29)28-17-21-30(22-18-28)34-26-44-40(46-34)36-14-8-24-48(36)42(52)38(50)32-11-5-2-6-12-32/h1-6,9-12,15-22,25-26,35-38,49-50H,7-8,13-14,23-24H2,(H,43,45)(H,44,46)/t35?,36?,37-,38-/m0/s1. The van der Waals surface area contributed by atoms with Crippen LogP contribution < -0.4 is 0 Å². The molecule has 10 heteroatoms. The number of benzene rings is 4. The molecule has 2 aromatic heterocycles. The van der Waals surface area contributed by atoms with Crippen LogP contribution >= 0.6 is 0 Å². The third-order valence-electron chi connectivity index (χ3n) is 10.3.